The number of hydrogen-bond donors (Lipinski definition) is 0. The fourth-order valence-electron chi connectivity index (χ4n) is 2.77. The van der Waals surface area contributed by atoms with Gasteiger partial charge in [0.25, 0.3) is 0 Å². The highest BCUT2D eigenvalue weighted by atomic mass is 32.1. The Bertz CT molecular complexity index is 751. The average Bonchev–Trinajstić information content (AvgIpc) is 2.91. The van der Waals surface area contributed by atoms with E-state index in [1.807, 2.05) is 55.3 Å². The second-order valence-electron chi connectivity index (χ2n) is 5.68. The van der Waals surface area contributed by atoms with Gasteiger partial charge in [-0.2, -0.15) is 0 Å². The van der Waals surface area contributed by atoms with Gasteiger partial charge in [-0.1, -0.05) is 23.5 Å². The number of aryl methyl sites for hydroxylation is 1. The van der Waals surface area contributed by atoms with Crippen molar-refractivity contribution in [3.63, 3.8) is 0 Å². The average molecular weight is 348 g/mol. The molecule has 1 aromatic carbocycles. The maximum absolute atomic E-state index is 12.6. The molecule has 0 aliphatic rings. The van der Waals surface area contributed by atoms with Gasteiger partial charge < -0.3 is 14.2 Å². The number of hydrogen-bond acceptors (Lipinski definition) is 4. The lowest BCUT2D eigenvalue weighted by Crippen LogP contribution is -2.34. The second kappa shape index (κ2) is 8.15. The van der Waals surface area contributed by atoms with Gasteiger partial charge in [0.05, 0.1) is 13.2 Å². The van der Waals surface area contributed by atoms with Crippen LogP contribution in [0.5, 0.6) is 5.75 Å². The molecule has 1 atom stereocenters. The highest BCUT2D eigenvalue weighted by Gasteiger charge is 2.20. The molecular formula is C18H24N2O3S. The highest BCUT2D eigenvalue weighted by molar-refractivity contribution is 7.07. The molecular weight excluding hydrogens is 324 g/mol. The van der Waals surface area contributed by atoms with Crippen molar-refractivity contribution in [2.45, 2.75) is 39.8 Å². The first-order valence-corrected chi connectivity index (χ1v) is 8.94. The Labute approximate surface area is 146 Å². The standard InChI is InChI=1S/C18H24N2O3S/c1-5-19(14(3)15-7-6-8-16(11-15)23-4)17(21)9-10-20-13(2)12-24-18(20)22/h6-8,11-12,14H,5,9-10H2,1-4H3. The van der Waals surface area contributed by atoms with Gasteiger partial charge in [-0.15, -0.1) is 0 Å². The van der Waals surface area contributed by atoms with Crippen LogP contribution in [0.1, 0.15) is 37.6 Å². The SMILES string of the molecule is CCN(C(=O)CCn1c(C)csc1=O)C(C)c1cccc(OC)c1. The summed E-state index contributed by atoms with van der Waals surface area (Å²) in [6.45, 7) is 6.91. The van der Waals surface area contributed by atoms with Gasteiger partial charge in [0.15, 0.2) is 0 Å². The van der Waals surface area contributed by atoms with Crippen molar-refractivity contribution in [1.29, 1.82) is 0 Å². The van der Waals surface area contributed by atoms with Gasteiger partial charge in [0, 0.05) is 30.6 Å². The summed E-state index contributed by atoms with van der Waals surface area (Å²) in [6.07, 6.45) is 0.319. The molecule has 5 nitrogen and oxygen atoms in total. The van der Waals surface area contributed by atoms with E-state index in [1.165, 1.54) is 11.3 Å². The van der Waals surface area contributed by atoms with E-state index >= 15 is 0 Å². The van der Waals surface area contributed by atoms with Crippen LogP contribution in [0, 0.1) is 6.92 Å². The number of amides is 1. The number of thiazole rings is 1. The highest BCUT2D eigenvalue weighted by Crippen LogP contribution is 2.24. The number of ether oxygens (including phenoxy) is 1. The Balaban J connectivity index is 2.09. The quantitative estimate of drug-likeness (QED) is 0.772. The van der Waals surface area contributed by atoms with Crippen molar-refractivity contribution < 1.29 is 9.53 Å². The molecule has 0 radical (unpaired) electrons. The Morgan fingerprint density at radius 1 is 1.42 bits per heavy atom. The van der Waals surface area contributed by atoms with Crippen LogP contribution in [0.15, 0.2) is 34.4 Å². The van der Waals surface area contributed by atoms with Crippen molar-refractivity contribution in [2.24, 2.45) is 0 Å². The first-order valence-electron chi connectivity index (χ1n) is 8.06. The Morgan fingerprint density at radius 3 is 2.75 bits per heavy atom. The zero-order valence-corrected chi connectivity index (χ0v) is 15.4. The van der Waals surface area contributed by atoms with Crippen molar-refractivity contribution in [3.8, 4) is 5.75 Å². The molecule has 2 aromatic rings. The Kier molecular flexibility index (Phi) is 6.20. The van der Waals surface area contributed by atoms with Gasteiger partial charge in [0.2, 0.25) is 5.91 Å². The zero-order chi connectivity index (χ0) is 17.7. The van der Waals surface area contributed by atoms with Gasteiger partial charge in [0.1, 0.15) is 5.75 Å². The van der Waals surface area contributed by atoms with E-state index < -0.39 is 0 Å². The number of carbonyl (C=O) groups is 1. The van der Waals surface area contributed by atoms with Gasteiger partial charge in [-0.25, -0.2) is 0 Å². The molecule has 1 amide bonds. The fraction of sp³-hybridized carbons (Fsp3) is 0.444. The predicted molar refractivity (Wildman–Crippen MR) is 96.7 cm³/mol. The number of methoxy groups -OCH3 is 1. The summed E-state index contributed by atoms with van der Waals surface area (Å²) in [7, 11) is 1.63. The molecule has 1 aromatic heterocycles. The lowest BCUT2D eigenvalue weighted by Gasteiger charge is -2.29. The minimum atomic E-state index is -0.0436. The third-order valence-electron chi connectivity index (χ3n) is 4.23. The summed E-state index contributed by atoms with van der Waals surface area (Å²) < 4.78 is 6.92. The zero-order valence-electron chi connectivity index (χ0n) is 14.6. The minimum absolute atomic E-state index is 0.0100. The van der Waals surface area contributed by atoms with Crippen LogP contribution in [0.4, 0.5) is 0 Å². The van der Waals surface area contributed by atoms with E-state index in [-0.39, 0.29) is 16.8 Å². The van der Waals surface area contributed by atoms with Crippen LogP contribution in [0.3, 0.4) is 0 Å². The maximum Gasteiger partial charge on any atom is 0.307 e. The van der Waals surface area contributed by atoms with Gasteiger partial charge in [-0.3, -0.25) is 9.59 Å². The van der Waals surface area contributed by atoms with Crippen LogP contribution in [-0.4, -0.2) is 29.0 Å². The summed E-state index contributed by atoms with van der Waals surface area (Å²) in [6, 6.07) is 7.72. The molecule has 1 unspecified atom stereocenters. The Hall–Kier alpha value is -2.08. The molecule has 6 heteroatoms. The fourth-order valence-corrected chi connectivity index (χ4v) is 3.53. The molecule has 0 spiro atoms. The number of rotatable bonds is 7. The first kappa shape index (κ1) is 18.3. The molecule has 0 aliphatic carbocycles. The van der Waals surface area contributed by atoms with Gasteiger partial charge in [-0.05, 0) is 38.5 Å². The molecule has 0 saturated heterocycles. The third-order valence-corrected chi connectivity index (χ3v) is 5.11. The van der Waals surface area contributed by atoms with E-state index in [0.29, 0.717) is 19.5 Å². The normalized spacial score (nSPS) is 12.0. The second-order valence-corrected chi connectivity index (χ2v) is 6.50. The summed E-state index contributed by atoms with van der Waals surface area (Å²) >= 11 is 1.17. The summed E-state index contributed by atoms with van der Waals surface area (Å²) in [5, 5.41) is 1.82. The van der Waals surface area contributed by atoms with Crippen molar-refractivity contribution in [2.75, 3.05) is 13.7 Å². The molecule has 24 heavy (non-hydrogen) atoms. The first-order chi connectivity index (χ1) is 11.5. The lowest BCUT2D eigenvalue weighted by molar-refractivity contribution is -0.133. The molecule has 0 N–H and O–H groups in total. The number of benzene rings is 1. The molecule has 130 valence electrons. The van der Waals surface area contributed by atoms with Crippen molar-refractivity contribution in [3.05, 3.63) is 50.6 Å². The summed E-state index contributed by atoms with van der Waals surface area (Å²) in [5.41, 5.74) is 1.94. The maximum atomic E-state index is 12.6. The largest absolute Gasteiger partial charge is 0.497 e. The monoisotopic (exact) mass is 348 g/mol. The molecule has 0 bridgehead atoms. The van der Waals surface area contributed by atoms with Crippen LogP contribution in [-0.2, 0) is 11.3 Å². The molecule has 1 heterocycles. The van der Waals surface area contributed by atoms with Crippen LogP contribution < -0.4 is 9.61 Å². The molecule has 0 aliphatic heterocycles. The van der Waals surface area contributed by atoms with E-state index in [0.717, 1.165) is 17.0 Å². The molecule has 2 rings (SSSR count). The Morgan fingerprint density at radius 2 is 2.17 bits per heavy atom. The van der Waals surface area contributed by atoms with E-state index in [1.54, 1.807) is 11.7 Å². The van der Waals surface area contributed by atoms with Crippen LogP contribution >= 0.6 is 11.3 Å². The van der Waals surface area contributed by atoms with Gasteiger partial charge >= 0.3 is 4.87 Å². The topological polar surface area (TPSA) is 51.5 Å². The summed E-state index contributed by atoms with van der Waals surface area (Å²) in [4.78, 5) is 26.2. The van der Waals surface area contributed by atoms with E-state index in [9.17, 15) is 9.59 Å². The number of aromatic nitrogens is 1. The van der Waals surface area contributed by atoms with Crippen molar-refractivity contribution in [1.82, 2.24) is 9.47 Å². The van der Waals surface area contributed by atoms with E-state index in [2.05, 4.69) is 0 Å². The van der Waals surface area contributed by atoms with Crippen LogP contribution in [0.2, 0.25) is 0 Å². The number of nitrogens with zero attached hydrogens (tertiary/aromatic N) is 2. The summed E-state index contributed by atoms with van der Waals surface area (Å²) in [5.74, 6) is 0.827. The minimum Gasteiger partial charge on any atom is -0.497 e. The smallest absolute Gasteiger partial charge is 0.307 e. The lowest BCUT2D eigenvalue weighted by atomic mass is 10.1. The third kappa shape index (κ3) is 4.06. The predicted octanol–water partition coefficient (Wildman–Crippen LogP) is 3.23. The van der Waals surface area contributed by atoms with Crippen LogP contribution in [0.25, 0.3) is 0 Å². The molecule has 0 fully saturated rings. The molecule has 0 saturated carbocycles. The van der Waals surface area contributed by atoms with E-state index in [4.69, 9.17) is 4.74 Å². The number of carbonyl (C=O) groups excluding carboxylic acids is 1. The van der Waals surface area contributed by atoms with Crippen molar-refractivity contribution >= 4 is 17.2 Å².